The Morgan fingerprint density at radius 3 is 2.39 bits per heavy atom. The standard InChI is InChI=1S/C24H26N4O3/c1-24(2,3)31-23(30)26-20-16-25-28-14-13-27(22(29)21(20)28)19-11-9-18(10-12-19)15-17-7-5-4-6-8-17/h4-12,16H,13-15H2,1-3H3,(H,26,30). The van der Waals surface area contributed by atoms with Crippen molar-refractivity contribution in [3.05, 3.63) is 77.6 Å². The van der Waals surface area contributed by atoms with Gasteiger partial charge in [-0.15, -0.1) is 0 Å². The zero-order chi connectivity index (χ0) is 22.0. The first kappa shape index (κ1) is 20.7. The maximum Gasteiger partial charge on any atom is 0.412 e. The maximum atomic E-state index is 13.2. The number of hydrogen-bond donors (Lipinski definition) is 1. The van der Waals surface area contributed by atoms with E-state index >= 15 is 0 Å². The minimum absolute atomic E-state index is 0.203. The molecule has 7 heteroatoms. The summed E-state index contributed by atoms with van der Waals surface area (Å²) in [6.45, 7) is 6.41. The summed E-state index contributed by atoms with van der Waals surface area (Å²) >= 11 is 0. The van der Waals surface area contributed by atoms with Crippen molar-refractivity contribution < 1.29 is 14.3 Å². The molecule has 2 heterocycles. The van der Waals surface area contributed by atoms with Gasteiger partial charge in [-0.2, -0.15) is 5.10 Å². The Kier molecular flexibility index (Phi) is 5.50. The van der Waals surface area contributed by atoms with Crippen LogP contribution >= 0.6 is 0 Å². The third-order valence-electron chi connectivity index (χ3n) is 4.96. The normalized spacial score (nSPS) is 13.6. The number of ether oxygens (including phenoxy) is 1. The highest BCUT2D eigenvalue weighted by Crippen LogP contribution is 2.26. The van der Waals surface area contributed by atoms with Crippen molar-refractivity contribution in [2.45, 2.75) is 39.3 Å². The summed E-state index contributed by atoms with van der Waals surface area (Å²) in [6.07, 6.45) is 1.72. The molecule has 0 saturated heterocycles. The molecule has 3 aromatic rings. The molecule has 160 valence electrons. The minimum Gasteiger partial charge on any atom is -0.444 e. The van der Waals surface area contributed by atoms with Crippen LogP contribution in [0.15, 0.2) is 60.8 Å². The predicted molar refractivity (Wildman–Crippen MR) is 119 cm³/mol. The highest BCUT2D eigenvalue weighted by atomic mass is 16.6. The topological polar surface area (TPSA) is 76.5 Å². The number of rotatable bonds is 4. The molecule has 1 aliphatic heterocycles. The van der Waals surface area contributed by atoms with E-state index in [1.165, 1.54) is 17.3 Å². The van der Waals surface area contributed by atoms with Crippen LogP contribution in [0.3, 0.4) is 0 Å². The second kappa shape index (κ2) is 8.26. The second-order valence-corrected chi connectivity index (χ2v) is 8.54. The van der Waals surface area contributed by atoms with Gasteiger partial charge in [-0.1, -0.05) is 42.5 Å². The summed E-state index contributed by atoms with van der Waals surface area (Å²) in [7, 11) is 0. The van der Waals surface area contributed by atoms with Gasteiger partial charge in [0, 0.05) is 12.2 Å². The monoisotopic (exact) mass is 418 g/mol. The van der Waals surface area contributed by atoms with Gasteiger partial charge in [-0.05, 0) is 50.5 Å². The van der Waals surface area contributed by atoms with Crippen LogP contribution in [0.1, 0.15) is 42.4 Å². The van der Waals surface area contributed by atoms with E-state index in [9.17, 15) is 9.59 Å². The number of hydrogen-bond acceptors (Lipinski definition) is 4. The number of amides is 2. The smallest absolute Gasteiger partial charge is 0.412 e. The van der Waals surface area contributed by atoms with Gasteiger partial charge in [0.05, 0.1) is 18.4 Å². The maximum absolute atomic E-state index is 13.2. The molecule has 0 radical (unpaired) electrons. The molecule has 0 fully saturated rings. The lowest BCUT2D eigenvalue weighted by molar-refractivity contribution is 0.0636. The van der Waals surface area contributed by atoms with E-state index in [0.29, 0.717) is 24.5 Å². The summed E-state index contributed by atoms with van der Waals surface area (Å²) in [5.74, 6) is -0.203. The number of carbonyl (C=O) groups is 2. The first-order valence-electron chi connectivity index (χ1n) is 10.3. The lowest BCUT2D eigenvalue weighted by atomic mass is 10.0. The summed E-state index contributed by atoms with van der Waals surface area (Å²) in [6, 6.07) is 18.3. The van der Waals surface area contributed by atoms with Crippen molar-refractivity contribution in [1.82, 2.24) is 9.78 Å². The van der Waals surface area contributed by atoms with Crippen molar-refractivity contribution in [3.8, 4) is 0 Å². The third kappa shape index (κ3) is 4.77. The number of anilines is 2. The first-order chi connectivity index (χ1) is 14.8. The molecular formula is C24H26N4O3. The van der Waals surface area contributed by atoms with Crippen LogP contribution in [-0.4, -0.2) is 33.9 Å². The fourth-order valence-electron chi connectivity index (χ4n) is 3.58. The highest BCUT2D eigenvalue weighted by molar-refractivity contribution is 6.10. The Labute approximate surface area is 181 Å². The molecule has 2 amide bonds. The molecule has 0 atom stereocenters. The molecular weight excluding hydrogens is 392 g/mol. The van der Waals surface area contributed by atoms with Crippen LogP contribution in [0.4, 0.5) is 16.2 Å². The van der Waals surface area contributed by atoms with Gasteiger partial charge in [-0.3, -0.25) is 14.8 Å². The molecule has 0 spiro atoms. The SMILES string of the molecule is CC(C)(C)OC(=O)Nc1cnn2c1C(=O)N(c1ccc(Cc3ccccc3)cc1)CC2. The van der Waals surface area contributed by atoms with Crippen molar-refractivity contribution >= 4 is 23.4 Å². The fourth-order valence-corrected chi connectivity index (χ4v) is 3.58. The molecule has 1 aliphatic rings. The van der Waals surface area contributed by atoms with Crippen LogP contribution in [0.5, 0.6) is 0 Å². The summed E-state index contributed by atoms with van der Waals surface area (Å²) in [5, 5.41) is 6.90. The van der Waals surface area contributed by atoms with Crippen LogP contribution in [0, 0.1) is 0 Å². The van der Waals surface area contributed by atoms with Crippen molar-refractivity contribution in [2.24, 2.45) is 0 Å². The molecule has 7 nitrogen and oxygen atoms in total. The van der Waals surface area contributed by atoms with E-state index in [4.69, 9.17) is 4.74 Å². The van der Waals surface area contributed by atoms with Gasteiger partial charge >= 0.3 is 6.09 Å². The van der Waals surface area contributed by atoms with E-state index in [-0.39, 0.29) is 5.91 Å². The molecule has 0 aliphatic carbocycles. The first-order valence-corrected chi connectivity index (χ1v) is 10.3. The van der Waals surface area contributed by atoms with E-state index in [0.717, 1.165) is 12.1 Å². The molecule has 0 unspecified atom stereocenters. The van der Waals surface area contributed by atoms with Crippen LogP contribution < -0.4 is 10.2 Å². The molecule has 0 bridgehead atoms. The number of nitrogens with zero attached hydrogens (tertiary/aromatic N) is 3. The van der Waals surface area contributed by atoms with Gasteiger partial charge < -0.3 is 9.64 Å². The highest BCUT2D eigenvalue weighted by Gasteiger charge is 2.31. The van der Waals surface area contributed by atoms with Gasteiger partial charge in [-0.25, -0.2) is 4.79 Å². The average molecular weight is 418 g/mol. The van der Waals surface area contributed by atoms with Crippen LogP contribution in [0.2, 0.25) is 0 Å². The van der Waals surface area contributed by atoms with E-state index in [1.54, 1.807) is 30.4 Å². The number of carbonyl (C=O) groups excluding carboxylic acids is 2. The van der Waals surface area contributed by atoms with Crippen molar-refractivity contribution in [1.29, 1.82) is 0 Å². The van der Waals surface area contributed by atoms with Crippen molar-refractivity contribution in [2.75, 3.05) is 16.8 Å². The quantitative estimate of drug-likeness (QED) is 0.678. The summed E-state index contributed by atoms with van der Waals surface area (Å²) < 4.78 is 6.92. The van der Waals surface area contributed by atoms with E-state index < -0.39 is 11.7 Å². The molecule has 1 N–H and O–H groups in total. The lowest BCUT2D eigenvalue weighted by Crippen LogP contribution is -2.41. The zero-order valence-electron chi connectivity index (χ0n) is 18.0. The van der Waals surface area contributed by atoms with Gasteiger partial charge in [0.1, 0.15) is 5.60 Å². The summed E-state index contributed by atoms with van der Waals surface area (Å²) in [5.41, 5.74) is 3.31. The van der Waals surface area contributed by atoms with Gasteiger partial charge in [0.2, 0.25) is 0 Å². The van der Waals surface area contributed by atoms with Crippen molar-refractivity contribution in [3.63, 3.8) is 0 Å². The predicted octanol–water partition coefficient (Wildman–Crippen LogP) is 4.48. The Morgan fingerprint density at radius 2 is 1.71 bits per heavy atom. The van der Waals surface area contributed by atoms with Gasteiger partial charge in [0.15, 0.2) is 5.69 Å². The molecule has 0 saturated carbocycles. The third-order valence-corrected chi connectivity index (χ3v) is 4.96. The molecule has 1 aromatic heterocycles. The van der Waals surface area contributed by atoms with Crippen LogP contribution in [-0.2, 0) is 17.7 Å². The number of nitrogens with one attached hydrogen (secondary N) is 1. The Hall–Kier alpha value is -3.61. The summed E-state index contributed by atoms with van der Waals surface area (Å²) in [4.78, 5) is 27.1. The molecule has 31 heavy (non-hydrogen) atoms. The van der Waals surface area contributed by atoms with E-state index in [1.807, 2.05) is 42.5 Å². The fraction of sp³-hybridized carbons (Fsp3) is 0.292. The number of benzene rings is 2. The van der Waals surface area contributed by atoms with E-state index in [2.05, 4.69) is 22.5 Å². The van der Waals surface area contributed by atoms with Crippen LogP contribution in [0.25, 0.3) is 0 Å². The largest absolute Gasteiger partial charge is 0.444 e. The molecule has 4 rings (SSSR count). The zero-order valence-corrected chi connectivity index (χ0v) is 18.0. The molecule has 2 aromatic carbocycles. The Balaban J connectivity index is 1.50. The minimum atomic E-state index is -0.630. The number of fused-ring (bicyclic) bond motifs is 1. The van der Waals surface area contributed by atoms with Gasteiger partial charge in [0.25, 0.3) is 5.91 Å². The number of aromatic nitrogens is 2. The second-order valence-electron chi connectivity index (χ2n) is 8.54. The lowest BCUT2D eigenvalue weighted by Gasteiger charge is -2.28. The Bertz CT molecular complexity index is 1080. The average Bonchev–Trinajstić information content (AvgIpc) is 3.12. The Morgan fingerprint density at radius 1 is 1.03 bits per heavy atom.